The fraction of sp³-hybridized carbons (Fsp3) is 0.533. The van der Waals surface area contributed by atoms with Gasteiger partial charge in [0.15, 0.2) is 0 Å². The molecule has 1 atom stereocenters. The van der Waals surface area contributed by atoms with Gasteiger partial charge in [-0.25, -0.2) is 14.6 Å². The van der Waals surface area contributed by atoms with Gasteiger partial charge >= 0.3 is 12.0 Å². The topological polar surface area (TPSA) is 71.5 Å². The monoisotopic (exact) mass is 321 g/mol. The lowest BCUT2D eigenvalue weighted by molar-refractivity contribution is -0.136. The molecule has 0 aromatic carbocycles. The number of methoxy groups -OCH3 is 1. The summed E-state index contributed by atoms with van der Waals surface area (Å²) in [4.78, 5) is 31.5. The van der Waals surface area contributed by atoms with Gasteiger partial charge in [0.25, 0.3) is 0 Å². The largest absolute Gasteiger partial charge is 0.466 e. The summed E-state index contributed by atoms with van der Waals surface area (Å²) in [6.45, 7) is 4.35. The zero-order valence-corrected chi connectivity index (χ0v) is 13.7. The van der Waals surface area contributed by atoms with Crippen molar-refractivity contribution in [3.8, 4) is 0 Å². The normalized spacial score (nSPS) is 21.9. The Hall–Kier alpha value is -1.89. The van der Waals surface area contributed by atoms with Gasteiger partial charge in [-0.05, 0) is 32.6 Å². The van der Waals surface area contributed by atoms with Crippen molar-refractivity contribution in [2.75, 3.05) is 13.7 Å². The fourth-order valence-electron chi connectivity index (χ4n) is 2.72. The number of nitrogens with one attached hydrogen (secondary N) is 1. The lowest BCUT2D eigenvalue weighted by atomic mass is 9.99. The molecule has 1 aliphatic heterocycles. The van der Waals surface area contributed by atoms with E-state index >= 15 is 0 Å². The zero-order chi connectivity index (χ0) is 15.9. The Morgan fingerprint density at radius 3 is 2.77 bits per heavy atom. The van der Waals surface area contributed by atoms with Gasteiger partial charge in [0.2, 0.25) is 0 Å². The second-order valence-corrected chi connectivity index (χ2v) is 6.62. The minimum absolute atomic E-state index is 0.158. The van der Waals surface area contributed by atoms with Gasteiger partial charge in [0.05, 0.1) is 28.8 Å². The van der Waals surface area contributed by atoms with Crippen molar-refractivity contribution < 1.29 is 14.3 Å². The number of aryl methyl sites for hydroxylation is 1. The van der Waals surface area contributed by atoms with Crippen LogP contribution in [-0.4, -0.2) is 35.5 Å². The second kappa shape index (κ2) is 5.72. The van der Waals surface area contributed by atoms with Gasteiger partial charge in [0, 0.05) is 12.2 Å². The number of carbonyl (C=O) groups excluding carboxylic acids is 2. The van der Waals surface area contributed by atoms with Crippen LogP contribution in [-0.2, 0) is 9.53 Å². The summed E-state index contributed by atoms with van der Waals surface area (Å²) in [6.07, 6.45) is 2.28. The van der Waals surface area contributed by atoms with E-state index < -0.39 is 12.0 Å². The van der Waals surface area contributed by atoms with Crippen LogP contribution in [0.25, 0.3) is 0 Å². The number of aromatic nitrogens is 1. The summed E-state index contributed by atoms with van der Waals surface area (Å²) in [5, 5.41) is 2.94. The van der Waals surface area contributed by atoms with Crippen molar-refractivity contribution in [3.05, 3.63) is 27.4 Å². The van der Waals surface area contributed by atoms with Crippen LogP contribution in [0.1, 0.15) is 36.4 Å². The number of nitrogens with zero attached hydrogens (tertiary/aromatic N) is 2. The van der Waals surface area contributed by atoms with Gasteiger partial charge in [-0.1, -0.05) is 0 Å². The third kappa shape index (κ3) is 2.61. The summed E-state index contributed by atoms with van der Waals surface area (Å²) >= 11 is 1.43. The molecule has 1 saturated carbocycles. The summed E-state index contributed by atoms with van der Waals surface area (Å²) in [5.74, 6) is 0.136. The Balaban J connectivity index is 2.02. The summed E-state index contributed by atoms with van der Waals surface area (Å²) in [5.41, 5.74) is 3.72. The van der Waals surface area contributed by atoms with E-state index in [0.29, 0.717) is 23.7 Å². The predicted octanol–water partition coefficient (Wildman–Crippen LogP) is 2.37. The van der Waals surface area contributed by atoms with E-state index in [1.807, 2.05) is 13.8 Å². The third-order valence-corrected chi connectivity index (χ3v) is 5.18. The van der Waals surface area contributed by atoms with Gasteiger partial charge in [-0.15, -0.1) is 11.3 Å². The Kier molecular flexibility index (Phi) is 3.90. The minimum Gasteiger partial charge on any atom is -0.466 e. The van der Waals surface area contributed by atoms with Crippen molar-refractivity contribution in [1.29, 1.82) is 0 Å². The number of amides is 2. The molecule has 22 heavy (non-hydrogen) atoms. The SMILES string of the molecule is COC(=O)C1=C(C)N(CC2CC2)C(=O)NC1c1scnc1C. The Morgan fingerprint density at radius 1 is 1.50 bits per heavy atom. The average Bonchev–Trinajstić information content (AvgIpc) is 3.22. The smallest absolute Gasteiger partial charge is 0.338 e. The molecule has 0 bridgehead atoms. The molecular formula is C15H19N3O3S. The number of hydrogen-bond acceptors (Lipinski definition) is 5. The lowest BCUT2D eigenvalue weighted by Gasteiger charge is -2.34. The Morgan fingerprint density at radius 2 is 2.23 bits per heavy atom. The van der Waals surface area contributed by atoms with Crippen LogP contribution in [0.4, 0.5) is 4.79 Å². The number of thiazole rings is 1. The number of allylic oxidation sites excluding steroid dienone is 1. The molecule has 1 unspecified atom stereocenters. The van der Waals surface area contributed by atoms with Crippen LogP contribution in [0.2, 0.25) is 0 Å². The van der Waals surface area contributed by atoms with Gasteiger partial charge in [-0.3, -0.25) is 4.90 Å². The van der Waals surface area contributed by atoms with Crippen molar-refractivity contribution >= 4 is 23.3 Å². The van der Waals surface area contributed by atoms with E-state index in [1.165, 1.54) is 18.4 Å². The molecule has 1 aromatic rings. The molecule has 118 valence electrons. The molecule has 3 rings (SSSR count). The molecule has 0 spiro atoms. The van der Waals surface area contributed by atoms with Crippen LogP contribution in [0.15, 0.2) is 16.8 Å². The van der Waals surface area contributed by atoms with Gasteiger partial charge < -0.3 is 10.1 Å². The van der Waals surface area contributed by atoms with E-state index in [0.717, 1.165) is 23.4 Å². The zero-order valence-electron chi connectivity index (χ0n) is 12.9. The highest BCUT2D eigenvalue weighted by Crippen LogP contribution is 2.37. The molecule has 7 heteroatoms. The average molecular weight is 321 g/mol. The van der Waals surface area contributed by atoms with Gasteiger partial charge in [-0.2, -0.15) is 0 Å². The first kappa shape index (κ1) is 15.0. The highest BCUT2D eigenvalue weighted by molar-refractivity contribution is 7.09. The standard InChI is InChI=1S/C15H19N3O3S/c1-8-13(22-7-16-8)12-11(14(19)21-3)9(2)18(15(20)17-12)6-10-4-5-10/h7,10,12H,4-6H2,1-3H3,(H,17,20). The van der Waals surface area contributed by atoms with E-state index in [9.17, 15) is 9.59 Å². The minimum atomic E-state index is -0.483. The maximum atomic E-state index is 12.5. The van der Waals surface area contributed by atoms with Gasteiger partial charge in [0.1, 0.15) is 6.04 Å². The molecule has 0 saturated heterocycles. The molecular weight excluding hydrogens is 302 g/mol. The third-order valence-electron chi connectivity index (χ3n) is 4.18. The van der Waals surface area contributed by atoms with E-state index in [1.54, 1.807) is 10.4 Å². The summed E-state index contributed by atoms with van der Waals surface area (Å²) < 4.78 is 4.94. The number of hydrogen-bond donors (Lipinski definition) is 1. The first-order valence-electron chi connectivity index (χ1n) is 7.30. The van der Waals surface area contributed by atoms with Crippen LogP contribution in [0.3, 0.4) is 0 Å². The highest BCUT2D eigenvalue weighted by Gasteiger charge is 2.39. The predicted molar refractivity (Wildman–Crippen MR) is 82.3 cm³/mol. The first-order valence-corrected chi connectivity index (χ1v) is 8.18. The number of urea groups is 1. The number of carbonyl (C=O) groups is 2. The molecule has 2 heterocycles. The van der Waals surface area contributed by atoms with Crippen LogP contribution >= 0.6 is 11.3 Å². The van der Waals surface area contributed by atoms with Crippen molar-refractivity contribution in [3.63, 3.8) is 0 Å². The molecule has 6 nitrogen and oxygen atoms in total. The molecule has 2 aliphatic rings. The summed E-state index contributed by atoms with van der Waals surface area (Å²) in [7, 11) is 1.36. The molecule has 1 aliphatic carbocycles. The van der Waals surface area contributed by atoms with Crippen LogP contribution < -0.4 is 5.32 Å². The van der Waals surface area contributed by atoms with Crippen molar-refractivity contribution in [2.24, 2.45) is 5.92 Å². The second-order valence-electron chi connectivity index (χ2n) is 5.73. The Bertz CT molecular complexity index is 648. The highest BCUT2D eigenvalue weighted by atomic mass is 32.1. The molecule has 0 radical (unpaired) electrons. The molecule has 1 N–H and O–H groups in total. The molecule has 1 aromatic heterocycles. The number of rotatable bonds is 4. The van der Waals surface area contributed by atoms with Crippen LogP contribution in [0, 0.1) is 12.8 Å². The maximum absolute atomic E-state index is 12.5. The van der Waals surface area contributed by atoms with E-state index in [4.69, 9.17) is 4.74 Å². The molecule has 1 fully saturated rings. The summed E-state index contributed by atoms with van der Waals surface area (Å²) in [6, 6.07) is -0.641. The fourth-order valence-corrected chi connectivity index (χ4v) is 3.58. The first-order chi connectivity index (χ1) is 10.5. The molecule has 2 amide bonds. The quantitative estimate of drug-likeness (QED) is 0.864. The van der Waals surface area contributed by atoms with Crippen LogP contribution in [0.5, 0.6) is 0 Å². The van der Waals surface area contributed by atoms with Crippen molar-refractivity contribution in [2.45, 2.75) is 32.7 Å². The van der Waals surface area contributed by atoms with Crippen molar-refractivity contribution in [1.82, 2.24) is 15.2 Å². The number of esters is 1. The van der Waals surface area contributed by atoms with E-state index in [-0.39, 0.29) is 6.03 Å². The Labute approximate surface area is 133 Å². The maximum Gasteiger partial charge on any atom is 0.338 e. The van der Waals surface area contributed by atoms with E-state index in [2.05, 4.69) is 10.3 Å². The number of ether oxygens (including phenoxy) is 1. The lowest BCUT2D eigenvalue weighted by Crippen LogP contribution is -2.48.